The SMILES string of the molecule is CC1CCC(C2CCNc3nc(-c4ccccn4)nn32)O1. The summed E-state index contributed by atoms with van der Waals surface area (Å²) in [5.41, 5.74) is 0.806. The smallest absolute Gasteiger partial charge is 0.222 e. The van der Waals surface area contributed by atoms with Crippen molar-refractivity contribution in [3.63, 3.8) is 0 Å². The minimum Gasteiger partial charge on any atom is -0.373 e. The summed E-state index contributed by atoms with van der Waals surface area (Å²) in [6.45, 7) is 3.06. The summed E-state index contributed by atoms with van der Waals surface area (Å²) >= 11 is 0. The van der Waals surface area contributed by atoms with Crippen molar-refractivity contribution < 1.29 is 4.74 Å². The van der Waals surface area contributed by atoms with E-state index in [4.69, 9.17) is 4.74 Å². The Bertz CT molecular complexity index is 626. The minimum atomic E-state index is 0.249. The average Bonchev–Trinajstić information content (AvgIpc) is 3.14. The molecule has 0 spiro atoms. The van der Waals surface area contributed by atoms with Gasteiger partial charge in [0.1, 0.15) is 5.69 Å². The van der Waals surface area contributed by atoms with Crippen molar-refractivity contribution in [2.24, 2.45) is 0 Å². The first-order valence-electron chi connectivity index (χ1n) is 7.58. The molecule has 6 heteroatoms. The van der Waals surface area contributed by atoms with Crippen LogP contribution in [0.5, 0.6) is 0 Å². The van der Waals surface area contributed by atoms with Gasteiger partial charge in [-0.15, -0.1) is 5.10 Å². The number of fused-ring (bicyclic) bond motifs is 1. The van der Waals surface area contributed by atoms with Gasteiger partial charge < -0.3 is 10.1 Å². The van der Waals surface area contributed by atoms with Crippen LogP contribution in [-0.4, -0.2) is 38.5 Å². The monoisotopic (exact) mass is 285 g/mol. The Labute approximate surface area is 123 Å². The lowest BCUT2D eigenvalue weighted by Crippen LogP contribution is -2.32. The van der Waals surface area contributed by atoms with Crippen LogP contribution in [0.25, 0.3) is 11.5 Å². The first-order valence-corrected chi connectivity index (χ1v) is 7.58. The van der Waals surface area contributed by atoms with Crippen molar-refractivity contribution in [3.05, 3.63) is 24.4 Å². The predicted octanol–water partition coefficient (Wildman–Crippen LogP) is 2.26. The highest BCUT2D eigenvalue weighted by Crippen LogP contribution is 2.34. The summed E-state index contributed by atoms with van der Waals surface area (Å²) < 4.78 is 8.04. The fraction of sp³-hybridized carbons (Fsp3) is 0.533. The van der Waals surface area contributed by atoms with Crippen LogP contribution >= 0.6 is 0 Å². The van der Waals surface area contributed by atoms with E-state index in [-0.39, 0.29) is 12.1 Å². The third-order valence-electron chi connectivity index (χ3n) is 4.26. The van der Waals surface area contributed by atoms with Crippen LogP contribution in [-0.2, 0) is 4.74 Å². The largest absolute Gasteiger partial charge is 0.373 e. The van der Waals surface area contributed by atoms with E-state index in [1.807, 2.05) is 22.9 Å². The van der Waals surface area contributed by atoms with Crippen LogP contribution in [0.4, 0.5) is 5.95 Å². The van der Waals surface area contributed by atoms with Gasteiger partial charge >= 0.3 is 0 Å². The molecular weight excluding hydrogens is 266 g/mol. The molecule has 2 aromatic heterocycles. The van der Waals surface area contributed by atoms with Gasteiger partial charge in [0.15, 0.2) is 0 Å². The summed E-state index contributed by atoms with van der Waals surface area (Å²) in [4.78, 5) is 8.91. The molecule has 0 bridgehead atoms. The Morgan fingerprint density at radius 2 is 2.24 bits per heavy atom. The predicted molar refractivity (Wildman–Crippen MR) is 79.0 cm³/mol. The average molecular weight is 285 g/mol. The second-order valence-electron chi connectivity index (χ2n) is 5.76. The van der Waals surface area contributed by atoms with Crippen molar-refractivity contribution in [1.29, 1.82) is 0 Å². The molecule has 0 saturated carbocycles. The highest BCUT2D eigenvalue weighted by Gasteiger charge is 2.35. The van der Waals surface area contributed by atoms with Crippen LogP contribution in [0.1, 0.15) is 32.2 Å². The Hall–Kier alpha value is -1.95. The highest BCUT2D eigenvalue weighted by molar-refractivity contribution is 5.51. The van der Waals surface area contributed by atoms with E-state index >= 15 is 0 Å². The van der Waals surface area contributed by atoms with Crippen molar-refractivity contribution >= 4 is 5.95 Å². The molecule has 2 aliphatic rings. The van der Waals surface area contributed by atoms with E-state index < -0.39 is 0 Å². The number of anilines is 1. The molecule has 3 atom stereocenters. The molecule has 0 radical (unpaired) electrons. The molecule has 1 fully saturated rings. The minimum absolute atomic E-state index is 0.249. The van der Waals surface area contributed by atoms with Crippen molar-refractivity contribution in [1.82, 2.24) is 19.7 Å². The van der Waals surface area contributed by atoms with Crippen LogP contribution in [0.15, 0.2) is 24.4 Å². The molecule has 21 heavy (non-hydrogen) atoms. The Morgan fingerprint density at radius 1 is 1.29 bits per heavy atom. The molecule has 0 aliphatic carbocycles. The summed E-state index contributed by atoms with van der Waals surface area (Å²) in [6.07, 6.45) is 5.62. The number of hydrogen-bond acceptors (Lipinski definition) is 5. The molecule has 6 nitrogen and oxygen atoms in total. The molecule has 3 unspecified atom stereocenters. The number of rotatable bonds is 2. The van der Waals surface area contributed by atoms with Crippen LogP contribution in [0, 0.1) is 0 Å². The molecule has 4 rings (SSSR count). The second kappa shape index (κ2) is 5.11. The van der Waals surface area contributed by atoms with Crippen molar-refractivity contribution in [2.45, 2.75) is 44.4 Å². The lowest BCUT2D eigenvalue weighted by Gasteiger charge is -2.28. The van der Waals surface area contributed by atoms with Crippen molar-refractivity contribution in [3.8, 4) is 11.5 Å². The van der Waals surface area contributed by atoms with E-state index in [1.54, 1.807) is 6.20 Å². The van der Waals surface area contributed by atoms with Crippen molar-refractivity contribution in [2.75, 3.05) is 11.9 Å². The van der Waals surface area contributed by atoms with E-state index in [9.17, 15) is 0 Å². The number of nitrogens with zero attached hydrogens (tertiary/aromatic N) is 4. The molecule has 0 aromatic carbocycles. The molecule has 2 aromatic rings. The van der Waals surface area contributed by atoms with Gasteiger partial charge in [-0.1, -0.05) is 6.07 Å². The zero-order valence-electron chi connectivity index (χ0n) is 12.1. The van der Waals surface area contributed by atoms with Gasteiger partial charge in [0.2, 0.25) is 11.8 Å². The van der Waals surface area contributed by atoms with Gasteiger partial charge in [0.25, 0.3) is 0 Å². The second-order valence-corrected chi connectivity index (χ2v) is 5.76. The van der Waals surface area contributed by atoms with Gasteiger partial charge in [-0.2, -0.15) is 4.98 Å². The molecule has 1 saturated heterocycles. The zero-order chi connectivity index (χ0) is 14.2. The van der Waals surface area contributed by atoms with Gasteiger partial charge in [0.05, 0.1) is 18.2 Å². The topological polar surface area (TPSA) is 64.9 Å². The molecule has 2 aliphatic heterocycles. The zero-order valence-corrected chi connectivity index (χ0v) is 12.1. The highest BCUT2D eigenvalue weighted by atomic mass is 16.5. The maximum atomic E-state index is 6.04. The molecule has 110 valence electrons. The Kier molecular flexibility index (Phi) is 3.11. The normalized spacial score (nSPS) is 28.1. The molecule has 0 amide bonds. The van der Waals surface area contributed by atoms with Crippen LogP contribution in [0.2, 0.25) is 0 Å². The fourth-order valence-electron chi connectivity index (χ4n) is 3.19. The summed E-state index contributed by atoms with van der Waals surface area (Å²) in [5, 5.41) is 8.00. The maximum Gasteiger partial charge on any atom is 0.222 e. The third kappa shape index (κ3) is 2.29. The van der Waals surface area contributed by atoms with E-state index in [1.165, 1.54) is 0 Å². The quantitative estimate of drug-likeness (QED) is 0.917. The van der Waals surface area contributed by atoms with Crippen LogP contribution in [0.3, 0.4) is 0 Å². The fourth-order valence-corrected chi connectivity index (χ4v) is 3.19. The summed E-state index contributed by atoms with van der Waals surface area (Å²) in [7, 11) is 0. The molecule has 1 N–H and O–H groups in total. The Morgan fingerprint density at radius 3 is 3.00 bits per heavy atom. The third-order valence-corrected chi connectivity index (χ3v) is 4.26. The number of ether oxygens (including phenoxy) is 1. The standard InChI is InChI=1S/C15H19N5O/c1-10-5-6-13(21-10)12-7-9-17-15-18-14(19-20(12)15)11-4-2-3-8-16-11/h2-4,8,10,12-13H,5-7,9H2,1H3,(H,17,18,19). The van der Waals surface area contributed by atoms with Gasteiger partial charge in [-0.3, -0.25) is 4.98 Å². The lowest BCUT2D eigenvalue weighted by atomic mass is 10.0. The molecule has 4 heterocycles. The first-order chi connectivity index (χ1) is 10.3. The number of aromatic nitrogens is 4. The lowest BCUT2D eigenvalue weighted by molar-refractivity contribution is 0.0173. The van der Waals surface area contributed by atoms with E-state index in [2.05, 4.69) is 27.3 Å². The van der Waals surface area contributed by atoms with E-state index in [0.717, 1.165) is 37.4 Å². The van der Waals surface area contributed by atoms with Gasteiger partial charge in [-0.25, -0.2) is 4.68 Å². The summed E-state index contributed by atoms with van der Waals surface area (Å²) in [6, 6.07) is 6.06. The van der Waals surface area contributed by atoms with E-state index in [0.29, 0.717) is 11.9 Å². The number of pyridine rings is 1. The summed E-state index contributed by atoms with van der Waals surface area (Å²) in [5.74, 6) is 1.51. The molecular formula is C15H19N5O. The van der Waals surface area contributed by atoms with Gasteiger partial charge in [0, 0.05) is 12.7 Å². The number of hydrogen-bond donors (Lipinski definition) is 1. The van der Waals surface area contributed by atoms with Gasteiger partial charge in [-0.05, 0) is 38.3 Å². The maximum absolute atomic E-state index is 6.04. The first kappa shape index (κ1) is 12.8. The van der Waals surface area contributed by atoms with Crippen LogP contribution < -0.4 is 5.32 Å². The number of nitrogens with one attached hydrogen (secondary N) is 1. The Balaban J connectivity index is 1.67.